The number of halogens is 2. The third kappa shape index (κ3) is 6.44. The summed E-state index contributed by atoms with van der Waals surface area (Å²) in [5.41, 5.74) is 2.81. The predicted octanol–water partition coefficient (Wildman–Crippen LogP) is 4.77. The minimum Gasteiger partial charge on any atom is -0.496 e. The smallest absolute Gasteiger partial charge is 0.258 e. The summed E-state index contributed by atoms with van der Waals surface area (Å²) >= 11 is 0. The molecule has 4 rings (SSSR count). The molecule has 4 aromatic rings. The van der Waals surface area contributed by atoms with Crippen LogP contribution in [0.25, 0.3) is 0 Å². The first-order valence-corrected chi connectivity index (χ1v) is 11.1. The van der Waals surface area contributed by atoms with E-state index in [2.05, 4.69) is 10.4 Å². The molecule has 8 heteroatoms. The van der Waals surface area contributed by atoms with Gasteiger partial charge in [0.25, 0.3) is 5.91 Å². The van der Waals surface area contributed by atoms with Crippen LogP contribution in [0.5, 0.6) is 11.6 Å². The van der Waals surface area contributed by atoms with E-state index in [0.717, 1.165) is 22.4 Å². The molecule has 0 bridgehead atoms. The van der Waals surface area contributed by atoms with Crippen LogP contribution in [0.2, 0.25) is 0 Å². The Labute approximate surface area is 202 Å². The Bertz CT molecular complexity index is 1270. The molecule has 0 saturated carbocycles. The highest BCUT2D eigenvalue weighted by Crippen LogP contribution is 2.20. The molecule has 3 aromatic carbocycles. The van der Waals surface area contributed by atoms with Gasteiger partial charge in [-0.25, -0.2) is 8.78 Å². The fourth-order valence-electron chi connectivity index (χ4n) is 3.57. The van der Waals surface area contributed by atoms with E-state index in [0.29, 0.717) is 19.5 Å². The summed E-state index contributed by atoms with van der Waals surface area (Å²) in [6.45, 7) is 0.844. The van der Waals surface area contributed by atoms with Gasteiger partial charge in [-0.15, -0.1) is 5.10 Å². The molecule has 1 amide bonds. The number of aromatic nitrogens is 2. The lowest BCUT2D eigenvalue weighted by molar-refractivity contribution is 0.0949. The SMILES string of the molecule is COc1ccccc1CCNC(=O)c1cn(Cc2ccc(F)cc2)nc1OCc1ccc(F)cc1. The zero-order valence-corrected chi connectivity index (χ0v) is 19.2. The van der Waals surface area contributed by atoms with Crippen LogP contribution >= 0.6 is 0 Å². The summed E-state index contributed by atoms with van der Waals surface area (Å²) in [6.07, 6.45) is 2.19. The van der Waals surface area contributed by atoms with Gasteiger partial charge in [-0.05, 0) is 53.4 Å². The van der Waals surface area contributed by atoms with Gasteiger partial charge >= 0.3 is 0 Å². The van der Waals surface area contributed by atoms with Crippen LogP contribution in [0.15, 0.2) is 79.0 Å². The molecule has 0 aliphatic carbocycles. The minimum atomic E-state index is -0.340. The van der Waals surface area contributed by atoms with Gasteiger partial charge in [-0.3, -0.25) is 9.48 Å². The zero-order valence-electron chi connectivity index (χ0n) is 19.2. The van der Waals surface area contributed by atoms with Gasteiger partial charge in [0, 0.05) is 12.7 Å². The van der Waals surface area contributed by atoms with Crippen molar-refractivity contribution in [2.45, 2.75) is 19.6 Å². The lowest BCUT2D eigenvalue weighted by Crippen LogP contribution is -2.26. The number of ether oxygens (including phenoxy) is 2. The van der Waals surface area contributed by atoms with Gasteiger partial charge in [0.2, 0.25) is 5.88 Å². The van der Waals surface area contributed by atoms with Crippen molar-refractivity contribution >= 4 is 5.91 Å². The predicted molar refractivity (Wildman–Crippen MR) is 127 cm³/mol. The van der Waals surface area contributed by atoms with Crippen molar-refractivity contribution in [1.29, 1.82) is 0 Å². The summed E-state index contributed by atoms with van der Waals surface area (Å²) < 4.78 is 39.2. The Morgan fingerprint density at radius 2 is 1.60 bits per heavy atom. The summed E-state index contributed by atoms with van der Waals surface area (Å²) in [5.74, 6) is -0.0807. The first-order valence-electron chi connectivity index (χ1n) is 11.1. The van der Waals surface area contributed by atoms with Crippen molar-refractivity contribution in [1.82, 2.24) is 15.1 Å². The number of nitrogens with zero attached hydrogens (tertiary/aromatic N) is 2. The van der Waals surface area contributed by atoms with E-state index in [1.54, 1.807) is 42.3 Å². The number of benzene rings is 3. The average molecular weight is 478 g/mol. The van der Waals surface area contributed by atoms with Crippen molar-refractivity contribution in [3.8, 4) is 11.6 Å². The minimum absolute atomic E-state index is 0.120. The molecule has 0 unspecified atom stereocenters. The fraction of sp³-hybridized carbons (Fsp3) is 0.185. The molecular weight excluding hydrogens is 452 g/mol. The van der Waals surface area contributed by atoms with Crippen LogP contribution in [0.3, 0.4) is 0 Å². The van der Waals surface area contributed by atoms with Crippen molar-refractivity contribution in [3.05, 3.63) is 113 Å². The maximum Gasteiger partial charge on any atom is 0.258 e. The maximum atomic E-state index is 13.2. The van der Waals surface area contributed by atoms with Crippen LogP contribution in [0.4, 0.5) is 8.78 Å². The highest BCUT2D eigenvalue weighted by Gasteiger charge is 2.18. The topological polar surface area (TPSA) is 65.4 Å². The molecule has 0 fully saturated rings. The standard InChI is InChI=1S/C27H25F2N3O3/c1-34-25-5-3-2-4-21(25)14-15-30-26(33)24-17-32(16-19-6-10-22(28)11-7-19)31-27(24)35-18-20-8-12-23(29)13-9-20/h2-13,17H,14-16,18H2,1H3,(H,30,33). The van der Waals surface area contributed by atoms with Gasteiger partial charge in [0.05, 0.1) is 13.7 Å². The third-order valence-corrected chi connectivity index (χ3v) is 5.39. The number of nitrogens with one attached hydrogen (secondary N) is 1. The number of methoxy groups -OCH3 is 1. The molecule has 6 nitrogen and oxygen atoms in total. The second-order valence-electron chi connectivity index (χ2n) is 7.90. The van der Waals surface area contributed by atoms with Crippen LogP contribution in [0, 0.1) is 11.6 Å². The quantitative estimate of drug-likeness (QED) is 0.357. The van der Waals surface area contributed by atoms with E-state index in [-0.39, 0.29) is 35.6 Å². The van der Waals surface area contributed by atoms with Crippen molar-refractivity contribution in [3.63, 3.8) is 0 Å². The third-order valence-electron chi connectivity index (χ3n) is 5.39. The second kappa shape index (κ2) is 11.3. The Balaban J connectivity index is 1.48. The first-order chi connectivity index (χ1) is 17.0. The number of hydrogen-bond acceptors (Lipinski definition) is 4. The monoisotopic (exact) mass is 477 g/mol. The summed E-state index contributed by atoms with van der Waals surface area (Å²) in [6, 6.07) is 19.6. The molecular formula is C27H25F2N3O3. The van der Waals surface area contributed by atoms with Crippen molar-refractivity contribution in [2.24, 2.45) is 0 Å². The van der Waals surface area contributed by atoms with E-state index >= 15 is 0 Å². The summed E-state index contributed by atoms with van der Waals surface area (Å²) in [5, 5.41) is 7.32. The van der Waals surface area contributed by atoms with E-state index in [4.69, 9.17) is 9.47 Å². The molecule has 0 aliphatic rings. The number of carbonyl (C=O) groups is 1. The Morgan fingerprint density at radius 3 is 2.29 bits per heavy atom. The largest absolute Gasteiger partial charge is 0.496 e. The fourth-order valence-corrected chi connectivity index (χ4v) is 3.57. The van der Waals surface area contributed by atoms with Crippen molar-refractivity contribution in [2.75, 3.05) is 13.7 Å². The summed E-state index contributed by atoms with van der Waals surface area (Å²) in [4.78, 5) is 13.0. The molecule has 35 heavy (non-hydrogen) atoms. The molecule has 0 aliphatic heterocycles. The van der Waals surface area contributed by atoms with Crippen molar-refractivity contribution < 1.29 is 23.0 Å². The van der Waals surface area contributed by atoms with Gasteiger partial charge in [0.1, 0.15) is 29.6 Å². The second-order valence-corrected chi connectivity index (χ2v) is 7.90. The molecule has 1 aromatic heterocycles. The van der Waals surface area contributed by atoms with Gasteiger partial charge < -0.3 is 14.8 Å². The van der Waals surface area contributed by atoms with E-state index in [1.165, 1.54) is 24.3 Å². The molecule has 180 valence electrons. The maximum absolute atomic E-state index is 13.2. The lowest BCUT2D eigenvalue weighted by Gasteiger charge is -2.09. The Morgan fingerprint density at radius 1 is 0.943 bits per heavy atom. The van der Waals surface area contributed by atoms with E-state index in [1.807, 2.05) is 24.3 Å². The van der Waals surface area contributed by atoms with E-state index in [9.17, 15) is 13.6 Å². The zero-order chi connectivity index (χ0) is 24.6. The normalized spacial score (nSPS) is 10.7. The molecule has 0 atom stereocenters. The molecule has 0 radical (unpaired) electrons. The van der Waals surface area contributed by atoms with Gasteiger partial charge in [0.15, 0.2) is 0 Å². The number of carbonyl (C=O) groups excluding carboxylic acids is 1. The number of rotatable bonds is 10. The lowest BCUT2D eigenvalue weighted by atomic mass is 10.1. The first kappa shape index (κ1) is 23.9. The summed E-state index contributed by atoms with van der Waals surface area (Å²) in [7, 11) is 1.61. The molecule has 0 saturated heterocycles. The van der Waals surface area contributed by atoms with Gasteiger partial charge in [-0.1, -0.05) is 42.5 Å². The highest BCUT2D eigenvalue weighted by molar-refractivity contribution is 5.96. The molecule has 1 heterocycles. The number of hydrogen-bond donors (Lipinski definition) is 1. The molecule has 0 spiro atoms. The number of amides is 1. The van der Waals surface area contributed by atoms with Crippen LogP contribution < -0.4 is 14.8 Å². The average Bonchev–Trinajstić information content (AvgIpc) is 3.28. The Kier molecular flexibility index (Phi) is 7.72. The highest BCUT2D eigenvalue weighted by atomic mass is 19.1. The van der Waals surface area contributed by atoms with Crippen LogP contribution in [0.1, 0.15) is 27.0 Å². The van der Waals surface area contributed by atoms with Gasteiger partial charge in [-0.2, -0.15) is 0 Å². The van der Waals surface area contributed by atoms with Crippen LogP contribution in [-0.2, 0) is 19.6 Å². The Hall–Kier alpha value is -4.20. The molecule has 1 N–H and O–H groups in total. The number of para-hydroxylation sites is 1. The van der Waals surface area contributed by atoms with Crippen LogP contribution in [-0.4, -0.2) is 29.3 Å². The van der Waals surface area contributed by atoms with E-state index < -0.39 is 0 Å².